The summed E-state index contributed by atoms with van der Waals surface area (Å²) in [7, 11) is 0. The lowest BCUT2D eigenvalue weighted by molar-refractivity contribution is 0.102. The van der Waals surface area contributed by atoms with Crippen molar-refractivity contribution in [3.05, 3.63) is 72.1 Å². The molecule has 2 N–H and O–H groups in total. The van der Waals surface area contributed by atoms with Gasteiger partial charge in [0, 0.05) is 11.7 Å². The zero-order valence-corrected chi connectivity index (χ0v) is 15.0. The number of aryl methyl sites for hydroxylation is 1. The number of carbonyl (C=O) groups excluding carboxylic acids is 1. The molecule has 1 heterocycles. The molecule has 136 valence electrons. The van der Waals surface area contributed by atoms with E-state index in [1.807, 2.05) is 55.5 Å². The molecule has 2 aromatic carbocycles. The van der Waals surface area contributed by atoms with E-state index in [4.69, 9.17) is 4.74 Å². The molecule has 3 aromatic rings. The standard InChI is InChI=1S/C21H20N4O2/c1-14-13-18(25-21(22-14)23-15-11-12-15)20(26)24-17-9-5-6-10-19(17)27-16-7-3-2-4-8-16/h2-10,13,15H,11-12H2,1H3,(H,24,26)(H,22,23,25). The van der Waals surface area contributed by atoms with Gasteiger partial charge in [-0.2, -0.15) is 0 Å². The van der Waals surface area contributed by atoms with E-state index in [9.17, 15) is 4.79 Å². The summed E-state index contributed by atoms with van der Waals surface area (Å²) in [5.41, 5.74) is 1.65. The average molecular weight is 360 g/mol. The fourth-order valence-corrected chi connectivity index (χ4v) is 2.62. The molecule has 0 spiro atoms. The average Bonchev–Trinajstić information content (AvgIpc) is 3.47. The van der Waals surface area contributed by atoms with Crippen LogP contribution in [0.2, 0.25) is 0 Å². The summed E-state index contributed by atoms with van der Waals surface area (Å²) >= 11 is 0. The van der Waals surface area contributed by atoms with E-state index in [1.54, 1.807) is 12.1 Å². The molecule has 1 amide bonds. The van der Waals surface area contributed by atoms with Crippen LogP contribution in [0.5, 0.6) is 11.5 Å². The van der Waals surface area contributed by atoms with Crippen molar-refractivity contribution in [1.29, 1.82) is 0 Å². The van der Waals surface area contributed by atoms with Crippen LogP contribution in [0.3, 0.4) is 0 Å². The Kier molecular flexibility index (Phi) is 4.70. The molecule has 0 aliphatic heterocycles. The normalized spacial score (nSPS) is 13.1. The van der Waals surface area contributed by atoms with Gasteiger partial charge in [0.15, 0.2) is 5.75 Å². The van der Waals surface area contributed by atoms with Crippen LogP contribution in [0.25, 0.3) is 0 Å². The third kappa shape index (κ3) is 4.41. The van der Waals surface area contributed by atoms with Gasteiger partial charge in [-0.05, 0) is 50.1 Å². The number of hydrogen-bond acceptors (Lipinski definition) is 5. The molecule has 1 aliphatic carbocycles. The van der Waals surface area contributed by atoms with Gasteiger partial charge in [0.05, 0.1) is 5.69 Å². The van der Waals surface area contributed by atoms with Crippen LogP contribution in [0.4, 0.5) is 11.6 Å². The molecule has 1 fully saturated rings. The second kappa shape index (κ2) is 7.45. The Morgan fingerprint density at radius 1 is 1.04 bits per heavy atom. The van der Waals surface area contributed by atoms with Gasteiger partial charge in [-0.25, -0.2) is 9.97 Å². The lowest BCUT2D eigenvalue weighted by Gasteiger charge is -2.12. The first-order valence-corrected chi connectivity index (χ1v) is 8.93. The van der Waals surface area contributed by atoms with Gasteiger partial charge in [-0.3, -0.25) is 4.79 Å². The summed E-state index contributed by atoms with van der Waals surface area (Å²) in [6, 6.07) is 18.9. The van der Waals surface area contributed by atoms with Crippen molar-refractivity contribution >= 4 is 17.5 Å². The molecule has 0 bridgehead atoms. The van der Waals surface area contributed by atoms with E-state index >= 15 is 0 Å². The Labute approximate surface area is 157 Å². The highest BCUT2D eigenvalue weighted by molar-refractivity contribution is 6.03. The van der Waals surface area contributed by atoms with Gasteiger partial charge >= 0.3 is 0 Å². The lowest BCUT2D eigenvalue weighted by Crippen LogP contribution is -2.17. The number of hydrogen-bond donors (Lipinski definition) is 2. The van der Waals surface area contributed by atoms with Gasteiger partial charge in [0.2, 0.25) is 5.95 Å². The zero-order chi connectivity index (χ0) is 18.6. The number of aromatic nitrogens is 2. The van der Waals surface area contributed by atoms with E-state index in [2.05, 4.69) is 20.6 Å². The smallest absolute Gasteiger partial charge is 0.274 e. The number of carbonyl (C=O) groups is 1. The highest BCUT2D eigenvalue weighted by atomic mass is 16.5. The van der Waals surface area contributed by atoms with Crippen molar-refractivity contribution in [2.75, 3.05) is 10.6 Å². The predicted octanol–water partition coefficient (Wildman–Crippen LogP) is 4.40. The molecule has 0 saturated heterocycles. The Bertz CT molecular complexity index is 955. The van der Waals surface area contributed by atoms with E-state index in [1.165, 1.54) is 0 Å². The van der Waals surface area contributed by atoms with Crippen LogP contribution in [0.1, 0.15) is 29.0 Å². The number of nitrogens with one attached hydrogen (secondary N) is 2. The fraction of sp³-hybridized carbons (Fsp3) is 0.190. The first-order valence-electron chi connectivity index (χ1n) is 8.93. The first kappa shape index (κ1) is 17.0. The van der Waals surface area contributed by atoms with Gasteiger partial charge in [0.1, 0.15) is 11.4 Å². The van der Waals surface area contributed by atoms with Crippen LogP contribution in [0, 0.1) is 6.92 Å². The van der Waals surface area contributed by atoms with Gasteiger partial charge < -0.3 is 15.4 Å². The van der Waals surface area contributed by atoms with Crippen LogP contribution in [-0.2, 0) is 0 Å². The van der Waals surface area contributed by atoms with Crippen LogP contribution < -0.4 is 15.4 Å². The molecule has 0 unspecified atom stereocenters. The fourth-order valence-electron chi connectivity index (χ4n) is 2.62. The van der Waals surface area contributed by atoms with Gasteiger partial charge in [0.25, 0.3) is 5.91 Å². The number of rotatable bonds is 6. The van der Waals surface area contributed by atoms with E-state index in [-0.39, 0.29) is 5.91 Å². The maximum Gasteiger partial charge on any atom is 0.274 e. The Morgan fingerprint density at radius 3 is 2.56 bits per heavy atom. The quantitative estimate of drug-likeness (QED) is 0.681. The number of amides is 1. The topological polar surface area (TPSA) is 76.1 Å². The maximum absolute atomic E-state index is 12.7. The number of nitrogens with zero attached hydrogens (tertiary/aromatic N) is 2. The van der Waals surface area contributed by atoms with Crippen molar-refractivity contribution in [2.45, 2.75) is 25.8 Å². The third-order valence-corrected chi connectivity index (χ3v) is 4.10. The molecular formula is C21H20N4O2. The summed E-state index contributed by atoms with van der Waals surface area (Å²) in [6.45, 7) is 1.85. The van der Waals surface area contributed by atoms with E-state index < -0.39 is 0 Å². The van der Waals surface area contributed by atoms with Crippen molar-refractivity contribution in [1.82, 2.24) is 9.97 Å². The summed E-state index contributed by atoms with van der Waals surface area (Å²) in [4.78, 5) is 21.4. The minimum Gasteiger partial charge on any atom is -0.455 e. The number of ether oxygens (including phenoxy) is 1. The molecule has 1 aromatic heterocycles. The monoisotopic (exact) mass is 360 g/mol. The molecule has 1 saturated carbocycles. The van der Waals surface area contributed by atoms with Gasteiger partial charge in [-0.1, -0.05) is 30.3 Å². The minimum absolute atomic E-state index is 0.302. The summed E-state index contributed by atoms with van der Waals surface area (Å²) in [5, 5.41) is 6.12. The molecule has 1 aliphatic rings. The summed E-state index contributed by atoms with van der Waals surface area (Å²) in [6.07, 6.45) is 2.23. The highest BCUT2D eigenvalue weighted by Crippen LogP contribution is 2.29. The Balaban J connectivity index is 1.54. The molecule has 6 nitrogen and oxygen atoms in total. The largest absolute Gasteiger partial charge is 0.455 e. The predicted molar refractivity (Wildman–Crippen MR) is 104 cm³/mol. The van der Waals surface area contributed by atoms with Crippen molar-refractivity contribution in [3.63, 3.8) is 0 Å². The van der Waals surface area contributed by atoms with E-state index in [0.717, 1.165) is 18.5 Å². The van der Waals surface area contributed by atoms with Crippen LogP contribution in [-0.4, -0.2) is 21.9 Å². The molecule has 0 atom stereocenters. The van der Waals surface area contributed by atoms with Crippen LogP contribution >= 0.6 is 0 Å². The molecule has 0 radical (unpaired) electrons. The Hall–Kier alpha value is -3.41. The minimum atomic E-state index is -0.302. The van der Waals surface area contributed by atoms with Crippen LogP contribution in [0.15, 0.2) is 60.7 Å². The summed E-state index contributed by atoms with van der Waals surface area (Å²) in [5.74, 6) is 1.46. The summed E-state index contributed by atoms with van der Waals surface area (Å²) < 4.78 is 5.89. The van der Waals surface area contributed by atoms with Crippen molar-refractivity contribution in [2.24, 2.45) is 0 Å². The van der Waals surface area contributed by atoms with Gasteiger partial charge in [-0.15, -0.1) is 0 Å². The second-order valence-electron chi connectivity index (χ2n) is 6.50. The third-order valence-electron chi connectivity index (χ3n) is 4.10. The molecule has 27 heavy (non-hydrogen) atoms. The second-order valence-corrected chi connectivity index (χ2v) is 6.50. The number of anilines is 2. The zero-order valence-electron chi connectivity index (χ0n) is 15.0. The van der Waals surface area contributed by atoms with Crippen molar-refractivity contribution in [3.8, 4) is 11.5 Å². The molecular weight excluding hydrogens is 340 g/mol. The Morgan fingerprint density at radius 2 is 1.78 bits per heavy atom. The lowest BCUT2D eigenvalue weighted by atomic mass is 10.2. The first-order chi connectivity index (χ1) is 13.2. The highest BCUT2D eigenvalue weighted by Gasteiger charge is 2.23. The maximum atomic E-state index is 12.7. The van der Waals surface area contributed by atoms with Crippen molar-refractivity contribution < 1.29 is 9.53 Å². The number of benzene rings is 2. The number of para-hydroxylation sites is 3. The molecule has 4 rings (SSSR count). The molecule has 6 heteroatoms. The SMILES string of the molecule is Cc1cc(C(=O)Nc2ccccc2Oc2ccccc2)nc(NC2CC2)n1. The van der Waals surface area contributed by atoms with E-state index in [0.29, 0.717) is 34.9 Å².